The molecule has 41 heavy (non-hydrogen) atoms. The monoisotopic (exact) mass is 540 g/mol. The Labute approximate surface area is 236 Å². The minimum absolute atomic E-state index is 0.141. The largest absolute Gasteiger partial charge is 0.439 e. The number of aliphatic hydroxyl groups excluding tert-OH is 1. The first-order chi connectivity index (χ1) is 20.1. The molecule has 1 aliphatic carbocycles. The molecule has 0 amide bonds. The van der Waals surface area contributed by atoms with Crippen molar-refractivity contribution in [2.75, 3.05) is 0 Å². The Balaban J connectivity index is 1.32. The molecular formula is C34H28N4O3. The predicted octanol–water partition coefficient (Wildman–Crippen LogP) is 5.92. The summed E-state index contributed by atoms with van der Waals surface area (Å²) in [4.78, 5) is 19.1. The summed E-state index contributed by atoms with van der Waals surface area (Å²) in [5.41, 5.74) is 12.1. The normalized spacial score (nSPS) is 13.8. The number of aromatic amines is 1. The number of benzene rings is 4. The van der Waals surface area contributed by atoms with Crippen molar-refractivity contribution in [3.8, 4) is 11.1 Å². The molecule has 4 aromatic carbocycles. The molecule has 0 saturated carbocycles. The van der Waals surface area contributed by atoms with E-state index in [4.69, 9.17) is 9.51 Å². The standard InChI is InChI=1S/C34H28N4O3/c1-21-15-26(23-7-3-2-4-8-23)17-30-33(21)36-32(20-39)38(30)19-22-11-14-28-25(16-22)13-12-24-9-5-6-10-27(24)29(28)18-31-35-34(40)41-37-31/h2-11,14-18,39H,12-13,19-20H2,1H3,(H,35,37,40). The minimum atomic E-state index is -0.577. The summed E-state index contributed by atoms with van der Waals surface area (Å²) in [6.45, 7) is 2.51. The number of fused-ring (bicyclic) bond motifs is 3. The molecule has 0 bridgehead atoms. The summed E-state index contributed by atoms with van der Waals surface area (Å²) in [5, 5.41) is 14.1. The van der Waals surface area contributed by atoms with Crippen molar-refractivity contribution in [3.05, 3.63) is 141 Å². The first-order valence-electron chi connectivity index (χ1n) is 13.7. The number of nitrogens with zero attached hydrogens (tertiary/aromatic N) is 3. The Bertz CT molecular complexity index is 2000. The van der Waals surface area contributed by atoms with Crippen molar-refractivity contribution < 1.29 is 9.63 Å². The number of imidazole rings is 1. The maximum absolute atomic E-state index is 11.6. The second-order valence-corrected chi connectivity index (χ2v) is 10.5. The Morgan fingerprint density at radius 2 is 1.71 bits per heavy atom. The molecule has 202 valence electrons. The van der Waals surface area contributed by atoms with Crippen LogP contribution in [0.3, 0.4) is 0 Å². The molecule has 0 aliphatic heterocycles. The van der Waals surface area contributed by atoms with Crippen molar-refractivity contribution in [2.24, 2.45) is 0 Å². The number of hydrogen-bond acceptors (Lipinski definition) is 5. The number of rotatable bonds is 5. The van der Waals surface area contributed by atoms with Crippen LogP contribution in [-0.2, 0) is 26.0 Å². The van der Waals surface area contributed by atoms with Crippen molar-refractivity contribution >= 4 is 22.7 Å². The first-order valence-corrected chi connectivity index (χ1v) is 13.7. The van der Waals surface area contributed by atoms with Gasteiger partial charge in [0, 0.05) is 6.54 Å². The highest BCUT2D eigenvalue weighted by molar-refractivity contribution is 5.93. The zero-order chi connectivity index (χ0) is 27.9. The van der Waals surface area contributed by atoms with Gasteiger partial charge in [0.1, 0.15) is 12.4 Å². The molecule has 6 aromatic rings. The molecular weight excluding hydrogens is 512 g/mol. The molecule has 2 N–H and O–H groups in total. The molecule has 0 saturated heterocycles. The maximum atomic E-state index is 11.6. The van der Waals surface area contributed by atoms with E-state index in [0.717, 1.165) is 62.8 Å². The third-order valence-electron chi connectivity index (χ3n) is 7.88. The second-order valence-electron chi connectivity index (χ2n) is 10.5. The predicted molar refractivity (Wildman–Crippen MR) is 159 cm³/mol. The summed E-state index contributed by atoms with van der Waals surface area (Å²) in [5.74, 6) is 0.456. The van der Waals surface area contributed by atoms with Gasteiger partial charge in [-0.05, 0) is 88.1 Å². The van der Waals surface area contributed by atoms with Crippen LogP contribution >= 0.6 is 0 Å². The molecule has 2 aromatic heterocycles. The van der Waals surface area contributed by atoms with E-state index in [0.29, 0.717) is 18.2 Å². The second kappa shape index (κ2) is 10.2. The number of aromatic nitrogens is 4. The molecule has 0 atom stereocenters. The van der Waals surface area contributed by atoms with Gasteiger partial charge in [-0.15, -0.1) is 0 Å². The summed E-state index contributed by atoms with van der Waals surface area (Å²) in [7, 11) is 0. The lowest BCUT2D eigenvalue weighted by Crippen LogP contribution is -2.06. The highest BCUT2D eigenvalue weighted by atomic mass is 16.5. The van der Waals surface area contributed by atoms with Gasteiger partial charge in [0.15, 0.2) is 5.82 Å². The Morgan fingerprint density at radius 1 is 0.927 bits per heavy atom. The van der Waals surface area contributed by atoms with Gasteiger partial charge in [-0.25, -0.2) is 9.78 Å². The number of nitrogens with one attached hydrogen (secondary N) is 1. The van der Waals surface area contributed by atoms with E-state index < -0.39 is 5.76 Å². The van der Waals surface area contributed by atoms with Crippen LogP contribution in [0.4, 0.5) is 0 Å². The van der Waals surface area contributed by atoms with E-state index in [1.165, 1.54) is 11.1 Å². The SMILES string of the molecule is Cc1cc(-c2ccccc2)cc2c1nc(CO)n2Cc1ccc2c(c1)CCc1ccccc1C2=Cc1noc(=O)[nH]1. The van der Waals surface area contributed by atoms with Crippen LogP contribution in [0.2, 0.25) is 0 Å². The average Bonchev–Trinajstić information content (AvgIpc) is 3.54. The number of hydrogen-bond donors (Lipinski definition) is 2. The lowest BCUT2D eigenvalue weighted by Gasteiger charge is -2.14. The zero-order valence-corrected chi connectivity index (χ0v) is 22.6. The summed E-state index contributed by atoms with van der Waals surface area (Å²) in [6, 6.07) is 29.5. The van der Waals surface area contributed by atoms with Gasteiger partial charge in [-0.3, -0.25) is 9.51 Å². The van der Waals surface area contributed by atoms with Crippen molar-refractivity contribution in [3.63, 3.8) is 0 Å². The third kappa shape index (κ3) is 4.60. The van der Waals surface area contributed by atoms with Gasteiger partial charge in [-0.1, -0.05) is 78.0 Å². The number of H-pyrrole nitrogens is 1. The van der Waals surface area contributed by atoms with Crippen LogP contribution in [0.1, 0.15) is 45.0 Å². The van der Waals surface area contributed by atoms with Gasteiger partial charge in [-0.2, -0.15) is 0 Å². The molecule has 0 fully saturated rings. The molecule has 7 heteroatoms. The zero-order valence-electron chi connectivity index (χ0n) is 22.6. The van der Waals surface area contributed by atoms with Crippen molar-refractivity contribution in [1.29, 1.82) is 0 Å². The van der Waals surface area contributed by atoms with E-state index in [2.05, 4.69) is 82.3 Å². The molecule has 0 spiro atoms. The van der Waals surface area contributed by atoms with Crippen LogP contribution in [0.25, 0.3) is 33.8 Å². The number of aryl methyl sites for hydroxylation is 3. The lowest BCUT2D eigenvalue weighted by atomic mass is 9.92. The third-order valence-corrected chi connectivity index (χ3v) is 7.88. The fourth-order valence-electron chi connectivity index (χ4n) is 5.94. The van der Waals surface area contributed by atoms with E-state index in [9.17, 15) is 9.90 Å². The molecule has 2 heterocycles. The van der Waals surface area contributed by atoms with Gasteiger partial charge < -0.3 is 9.67 Å². The van der Waals surface area contributed by atoms with Gasteiger partial charge in [0.2, 0.25) is 0 Å². The smallest absolute Gasteiger partial charge is 0.388 e. The van der Waals surface area contributed by atoms with Gasteiger partial charge >= 0.3 is 5.76 Å². The van der Waals surface area contributed by atoms with E-state index in [1.54, 1.807) is 0 Å². The topological polar surface area (TPSA) is 96.9 Å². The Morgan fingerprint density at radius 3 is 2.51 bits per heavy atom. The van der Waals surface area contributed by atoms with E-state index >= 15 is 0 Å². The quantitative estimate of drug-likeness (QED) is 0.283. The minimum Gasteiger partial charge on any atom is -0.388 e. The summed E-state index contributed by atoms with van der Waals surface area (Å²) < 4.78 is 6.88. The molecule has 7 nitrogen and oxygen atoms in total. The lowest BCUT2D eigenvalue weighted by molar-refractivity contribution is 0.267. The molecule has 0 radical (unpaired) electrons. The summed E-state index contributed by atoms with van der Waals surface area (Å²) >= 11 is 0. The van der Waals surface area contributed by atoms with Crippen LogP contribution in [0.15, 0.2) is 94.2 Å². The maximum Gasteiger partial charge on any atom is 0.439 e. The molecule has 1 aliphatic rings. The first kappa shape index (κ1) is 25.0. The Kier molecular flexibility index (Phi) is 6.21. The van der Waals surface area contributed by atoms with Crippen LogP contribution < -0.4 is 5.76 Å². The van der Waals surface area contributed by atoms with Crippen LogP contribution in [0, 0.1) is 6.92 Å². The average molecular weight is 541 g/mol. The number of aliphatic hydroxyl groups is 1. The molecule has 7 rings (SSSR count). The van der Waals surface area contributed by atoms with E-state index in [-0.39, 0.29) is 6.61 Å². The highest BCUT2D eigenvalue weighted by Gasteiger charge is 2.20. The van der Waals surface area contributed by atoms with Crippen LogP contribution in [-0.4, -0.2) is 24.8 Å². The molecule has 0 unspecified atom stereocenters. The highest BCUT2D eigenvalue weighted by Crippen LogP contribution is 2.36. The van der Waals surface area contributed by atoms with Crippen molar-refractivity contribution in [2.45, 2.75) is 32.9 Å². The fraction of sp³-hybridized carbons (Fsp3) is 0.147. The van der Waals surface area contributed by atoms with E-state index in [1.807, 2.05) is 30.3 Å². The van der Waals surface area contributed by atoms with Gasteiger partial charge in [0.05, 0.1) is 11.0 Å². The van der Waals surface area contributed by atoms with Gasteiger partial charge in [0.25, 0.3) is 0 Å². The Hall–Kier alpha value is -5.01. The van der Waals surface area contributed by atoms with Crippen molar-refractivity contribution in [1.82, 2.24) is 19.7 Å². The summed E-state index contributed by atoms with van der Waals surface area (Å²) in [6.07, 6.45) is 3.66. The van der Waals surface area contributed by atoms with Crippen LogP contribution in [0.5, 0.6) is 0 Å². The fourth-order valence-corrected chi connectivity index (χ4v) is 5.94.